The highest BCUT2D eigenvalue weighted by atomic mass is 35.5. The average Bonchev–Trinajstić information content (AvgIpc) is 2.92. The zero-order valence-corrected chi connectivity index (χ0v) is 15.7. The van der Waals surface area contributed by atoms with E-state index in [0.29, 0.717) is 0 Å². The molecule has 0 aliphatic heterocycles. The number of amides is 1. The summed E-state index contributed by atoms with van der Waals surface area (Å²) < 4.78 is 39.9. The van der Waals surface area contributed by atoms with Gasteiger partial charge >= 0.3 is 6.18 Å². The van der Waals surface area contributed by atoms with Crippen LogP contribution in [0.4, 0.5) is 13.2 Å². The highest BCUT2D eigenvalue weighted by Crippen LogP contribution is 2.33. The monoisotopic (exact) mass is 408 g/mol. The number of halogens is 4. The van der Waals surface area contributed by atoms with Crippen LogP contribution in [-0.2, 0) is 15.8 Å². The zero-order valence-electron chi connectivity index (χ0n) is 14.1. The number of thioether (sulfide) groups is 1. The van der Waals surface area contributed by atoms with Crippen LogP contribution in [0.25, 0.3) is 5.65 Å². The van der Waals surface area contributed by atoms with Crippen LogP contribution in [0, 0.1) is 5.92 Å². The summed E-state index contributed by atoms with van der Waals surface area (Å²) in [5, 5.41) is 10.0. The smallest absolute Gasteiger partial charge is 0.345 e. The minimum atomic E-state index is -4.58. The molecule has 0 bridgehead atoms. The number of alkyl halides is 3. The molecule has 0 spiro atoms. The number of rotatable bonds is 6. The van der Waals surface area contributed by atoms with Gasteiger partial charge in [-0.15, -0.1) is 10.2 Å². The summed E-state index contributed by atoms with van der Waals surface area (Å²) in [7, 11) is 0. The van der Waals surface area contributed by atoms with Crippen molar-refractivity contribution in [2.24, 2.45) is 5.92 Å². The molecule has 1 amide bonds. The van der Waals surface area contributed by atoms with Crippen LogP contribution in [-0.4, -0.2) is 38.1 Å². The van der Waals surface area contributed by atoms with Crippen molar-refractivity contribution in [3.8, 4) is 0 Å². The molecule has 0 aliphatic rings. The van der Waals surface area contributed by atoms with Gasteiger partial charge in [-0.2, -0.15) is 13.2 Å². The number of nitrogens with one attached hydrogen (secondary N) is 1. The lowest BCUT2D eigenvalue weighted by Gasteiger charge is -2.19. The van der Waals surface area contributed by atoms with Crippen molar-refractivity contribution in [3.05, 3.63) is 22.8 Å². The van der Waals surface area contributed by atoms with Gasteiger partial charge in [-0.3, -0.25) is 14.0 Å². The molecule has 2 heterocycles. The maximum atomic E-state index is 12.9. The predicted octanol–water partition coefficient (Wildman–Crippen LogP) is 3.22. The van der Waals surface area contributed by atoms with Crippen LogP contribution < -0.4 is 5.32 Å². The molecular formula is C15H16ClF3N4O2S. The molecule has 0 aliphatic carbocycles. The lowest BCUT2D eigenvalue weighted by atomic mass is 10.0. The first-order valence-electron chi connectivity index (χ1n) is 7.54. The Morgan fingerprint density at radius 3 is 2.54 bits per heavy atom. The van der Waals surface area contributed by atoms with Gasteiger partial charge in [-0.05, 0) is 18.9 Å². The molecule has 2 rings (SSSR count). The maximum absolute atomic E-state index is 12.9. The van der Waals surface area contributed by atoms with E-state index in [1.54, 1.807) is 13.8 Å². The van der Waals surface area contributed by atoms with Crippen LogP contribution in [0.15, 0.2) is 17.4 Å². The van der Waals surface area contributed by atoms with Crippen LogP contribution in [0.3, 0.4) is 0 Å². The molecule has 0 saturated heterocycles. The van der Waals surface area contributed by atoms with E-state index in [-0.39, 0.29) is 33.3 Å². The molecular weight excluding hydrogens is 393 g/mol. The average molecular weight is 409 g/mol. The first-order chi connectivity index (χ1) is 12.0. The van der Waals surface area contributed by atoms with E-state index in [1.165, 1.54) is 6.92 Å². The summed E-state index contributed by atoms with van der Waals surface area (Å²) >= 11 is 6.73. The number of ketones is 1. The summed E-state index contributed by atoms with van der Waals surface area (Å²) in [5.74, 6) is -0.819. The molecule has 2 aromatic heterocycles. The van der Waals surface area contributed by atoms with Crippen molar-refractivity contribution in [3.63, 3.8) is 0 Å². The first kappa shape index (κ1) is 20.5. The largest absolute Gasteiger partial charge is 0.417 e. The number of aromatic nitrogens is 3. The molecule has 1 unspecified atom stereocenters. The molecule has 0 saturated carbocycles. The topological polar surface area (TPSA) is 76.4 Å². The van der Waals surface area contributed by atoms with E-state index in [2.05, 4.69) is 15.5 Å². The Hall–Kier alpha value is -1.81. The number of hydrogen-bond acceptors (Lipinski definition) is 5. The summed E-state index contributed by atoms with van der Waals surface area (Å²) in [6.07, 6.45) is -3.75. The van der Waals surface area contributed by atoms with Crippen LogP contribution in [0.5, 0.6) is 0 Å². The molecule has 142 valence electrons. The Bertz CT molecular complexity index is 838. The maximum Gasteiger partial charge on any atom is 0.417 e. The van der Waals surface area contributed by atoms with E-state index in [1.807, 2.05) is 0 Å². The highest BCUT2D eigenvalue weighted by molar-refractivity contribution is 7.99. The van der Waals surface area contributed by atoms with Gasteiger partial charge in [0.05, 0.1) is 22.4 Å². The Morgan fingerprint density at radius 2 is 2.00 bits per heavy atom. The molecule has 0 fully saturated rings. The lowest BCUT2D eigenvalue weighted by molar-refractivity contribution is -0.137. The van der Waals surface area contributed by atoms with Crippen LogP contribution >= 0.6 is 23.4 Å². The van der Waals surface area contributed by atoms with Crippen molar-refractivity contribution < 1.29 is 22.8 Å². The highest BCUT2D eigenvalue weighted by Gasteiger charge is 2.32. The van der Waals surface area contributed by atoms with E-state index in [0.717, 1.165) is 28.4 Å². The van der Waals surface area contributed by atoms with Crippen molar-refractivity contribution >= 4 is 40.7 Å². The summed E-state index contributed by atoms with van der Waals surface area (Å²) in [5.41, 5.74) is -0.885. The Kier molecular flexibility index (Phi) is 6.17. The normalized spacial score (nSPS) is 13.2. The second-order valence-electron chi connectivity index (χ2n) is 5.94. The van der Waals surface area contributed by atoms with Gasteiger partial charge in [0.25, 0.3) is 0 Å². The van der Waals surface area contributed by atoms with Gasteiger partial charge in [-0.1, -0.05) is 37.2 Å². The summed E-state index contributed by atoms with van der Waals surface area (Å²) in [4.78, 5) is 23.6. The second kappa shape index (κ2) is 7.83. The van der Waals surface area contributed by atoms with Crippen molar-refractivity contribution in [1.29, 1.82) is 0 Å². The number of pyridine rings is 1. The fraction of sp³-hybridized carbons (Fsp3) is 0.467. The Morgan fingerprint density at radius 1 is 1.35 bits per heavy atom. The summed E-state index contributed by atoms with van der Waals surface area (Å²) in [6.45, 7) is 4.98. The molecule has 1 atom stereocenters. The zero-order chi connectivity index (χ0) is 19.6. The van der Waals surface area contributed by atoms with Crippen molar-refractivity contribution in [2.75, 3.05) is 5.75 Å². The minimum absolute atomic E-state index is 0.0615. The Balaban J connectivity index is 2.17. The van der Waals surface area contributed by atoms with E-state index >= 15 is 0 Å². The summed E-state index contributed by atoms with van der Waals surface area (Å²) in [6, 6.07) is 0.150. The minimum Gasteiger partial charge on any atom is -0.345 e. The number of nitrogens with zero attached hydrogens (tertiary/aromatic N) is 3. The van der Waals surface area contributed by atoms with Gasteiger partial charge in [-0.25, -0.2) is 0 Å². The number of Topliss-reactive ketones (excluding diaryl/α,β-unsaturated/α-hetero) is 1. The van der Waals surface area contributed by atoms with Gasteiger partial charge in [0.15, 0.2) is 16.6 Å². The van der Waals surface area contributed by atoms with Gasteiger partial charge in [0.2, 0.25) is 5.91 Å². The standard InChI is InChI=1S/C15H16ClF3N4O2S/c1-7(2)12(8(3)24)20-11(25)6-26-14-22-21-13-10(16)4-9(5-23(13)14)15(17,18)19/h4-5,7,12H,6H2,1-3H3,(H,20,25). The molecule has 0 aromatic carbocycles. The number of hydrogen-bond donors (Lipinski definition) is 1. The van der Waals surface area contributed by atoms with Crippen LogP contribution in [0.1, 0.15) is 26.3 Å². The quantitative estimate of drug-likeness (QED) is 0.743. The lowest BCUT2D eigenvalue weighted by Crippen LogP contribution is -2.44. The third kappa shape index (κ3) is 4.67. The van der Waals surface area contributed by atoms with Gasteiger partial charge < -0.3 is 5.32 Å². The fourth-order valence-corrected chi connectivity index (χ4v) is 3.24. The predicted molar refractivity (Wildman–Crippen MR) is 91.2 cm³/mol. The molecule has 0 radical (unpaired) electrons. The molecule has 26 heavy (non-hydrogen) atoms. The van der Waals surface area contributed by atoms with E-state index < -0.39 is 23.7 Å². The number of fused-ring (bicyclic) bond motifs is 1. The Labute approximate surface area is 156 Å². The third-order valence-corrected chi connectivity index (χ3v) is 4.73. The van der Waals surface area contributed by atoms with E-state index in [9.17, 15) is 22.8 Å². The molecule has 11 heteroatoms. The second-order valence-corrected chi connectivity index (χ2v) is 7.29. The van der Waals surface area contributed by atoms with Crippen molar-refractivity contribution in [2.45, 2.75) is 38.1 Å². The van der Waals surface area contributed by atoms with Gasteiger partial charge in [0, 0.05) is 6.20 Å². The fourth-order valence-electron chi connectivity index (χ4n) is 2.27. The van der Waals surface area contributed by atoms with E-state index in [4.69, 9.17) is 11.6 Å². The molecule has 6 nitrogen and oxygen atoms in total. The number of carbonyl (C=O) groups excluding carboxylic acids is 2. The van der Waals surface area contributed by atoms with Gasteiger partial charge in [0.1, 0.15) is 0 Å². The first-order valence-corrected chi connectivity index (χ1v) is 8.91. The SMILES string of the molecule is CC(=O)C(NC(=O)CSc1nnc2c(Cl)cc(C(F)(F)F)cn12)C(C)C. The van der Waals surface area contributed by atoms with Crippen LogP contribution in [0.2, 0.25) is 5.02 Å². The number of carbonyl (C=O) groups is 2. The molecule has 1 N–H and O–H groups in total. The van der Waals surface area contributed by atoms with Crippen molar-refractivity contribution in [1.82, 2.24) is 19.9 Å². The molecule has 2 aromatic rings. The third-order valence-electron chi connectivity index (χ3n) is 3.51.